The van der Waals surface area contributed by atoms with Gasteiger partial charge in [0, 0.05) is 16.6 Å². The molecule has 1 heterocycles. The molecule has 0 saturated carbocycles. The van der Waals surface area contributed by atoms with Crippen LogP contribution in [0.25, 0.3) is 10.9 Å². The number of nitrogens with one attached hydrogen (secondary N) is 1. The van der Waals surface area contributed by atoms with Gasteiger partial charge < -0.3 is 9.72 Å². The van der Waals surface area contributed by atoms with Gasteiger partial charge in [-0.1, -0.05) is 6.07 Å². The first-order valence-corrected chi connectivity index (χ1v) is 5.35. The number of hydrogen-bond acceptors (Lipinski definition) is 2. The lowest BCUT2D eigenvalue weighted by Crippen LogP contribution is -2.07. The molecular formula is C13H14NO2. The average Bonchev–Trinajstić information content (AvgIpc) is 2.56. The molecule has 0 atom stereocenters. The average molecular weight is 216 g/mol. The summed E-state index contributed by atoms with van der Waals surface area (Å²) in [6.45, 7) is 4.20. The van der Waals surface area contributed by atoms with Gasteiger partial charge in [-0.2, -0.15) is 0 Å². The van der Waals surface area contributed by atoms with Crippen LogP contribution in [0.2, 0.25) is 0 Å². The summed E-state index contributed by atoms with van der Waals surface area (Å²) in [5, 5.41) is 1.05. The summed E-state index contributed by atoms with van der Waals surface area (Å²) in [5.74, 6) is -0.185. The number of aromatic nitrogens is 1. The van der Waals surface area contributed by atoms with Crippen molar-refractivity contribution >= 4 is 16.9 Å². The van der Waals surface area contributed by atoms with Crippen molar-refractivity contribution in [1.29, 1.82) is 0 Å². The molecule has 0 saturated heterocycles. The SMILES string of the molecule is CCOC(=O)Cc1c(C)[nH]c2cc[c]cc12. The van der Waals surface area contributed by atoms with Gasteiger partial charge in [0.25, 0.3) is 0 Å². The fourth-order valence-corrected chi connectivity index (χ4v) is 1.85. The van der Waals surface area contributed by atoms with E-state index in [4.69, 9.17) is 4.74 Å². The summed E-state index contributed by atoms with van der Waals surface area (Å²) in [6, 6.07) is 8.73. The highest BCUT2D eigenvalue weighted by molar-refractivity contribution is 5.88. The predicted molar refractivity (Wildman–Crippen MR) is 62.2 cm³/mol. The molecule has 3 nitrogen and oxygen atoms in total. The van der Waals surface area contributed by atoms with Crippen LogP contribution >= 0.6 is 0 Å². The molecule has 0 aliphatic heterocycles. The molecule has 0 amide bonds. The van der Waals surface area contributed by atoms with E-state index >= 15 is 0 Å². The summed E-state index contributed by atoms with van der Waals surface area (Å²) in [6.07, 6.45) is 0.317. The molecule has 1 aromatic carbocycles. The molecule has 1 N–H and O–H groups in total. The van der Waals surface area contributed by atoms with E-state index in [1.165, 1.54) is 0 Å². The number of ether oxygens (including phenoxy) is 1. The Hall–Kier alpha value is -1.77. The van der Waals surface area contributed by atoms with Crippen LogP contribution in [0.5, 0.6) is 0 Å². The van der Waals surface area contributed by atoms with Gasteiger partial charge in [-0.25, -0.2) is 0 Å². The zero-order valence-electron chi connectivity index (χ0n) is 9.46. The second-order valence-electron chi connectivity index (χ2n) is 3.68. The zero-order chi connectivity index (χ0) is 11.5. The zero-order valence-corrected chi connectivity index (χ0v) is 9.46. The van der Waals surface area contributed by atoms with Crippen LogP contribution in [0.4, 0.5) is 0 Å². The first kappa shape index (κ1) is 10.7. The first-order valence-electron chi connectivity index (χ1n) is 5.35. The quantitative estimate of drug-likeness (QED) is 0.800. The molecule has 0 aliphatic carbocycles. The van der Waals surface area contributed by atoms with Gasteiger partial charge in [-0.3, -0.25) is 4.79 Å². The number of carbonyl (C=O) groups is 1. The van der Waals surface area contributed by atoms with Gasteiger partial charge in [0.2, 0.25) is 0 Å². The molecule has 0 bridgehead atoms. The van der Waals surface area contributed by atoms with E-state index in [0.717, 1.165) is 22.2 Å². The van der Waals surface area contributed by atoms with Crippen LogP contribution in [0.3, 0.4) is 0 Å². The number of aryl methyl sites for hydroxylation is 1. The van der Waals surface area contributed by atoms with E-state index in [1.807, 2.05) is 32.0 Å². The third-order valence-corrected chi connectivity index (χ3v) is 2.59. The summed E-state index contributed by atoms with van der Waals surface area (Å²) >= 11 is 0. The largest absolute Gasteiger partial charge is 0.466 e. The number of benzene rings is 1. The van der Waals surface area contributed by atoms with Crippen LogP contribution in [0.15, 0.2) is 18.2 Å². The lowest BCUT2D eigenvalue weighted by Gasteiger charge is -2.01. The Bertz CT molecular complexity index is 514. The number of aromatic amines is 1. The summed E-state index contributed by atoms with van der Waals surface area (Å²) in [7, 11) is 0. The fraction of sp³-hybridized carbons (Fsp3) is 0.308. The summed E-state index contributed by atoms with van der Waals surface area (Å²) < 4.78 is 4.96. The number of carbonyl (C=O) groups excluding carboxylic acids is 1. The van der Waals surface area contributed by atoms with Crippen molar-refractivity contribution in [2.45, 2.75) is 20.3 Å². The third-order valence-electron chi connectivity index (χ3n) is 2.59. The molecular weight excluding hydrogens is 202 g/mol. The van der Waals surface area contributed by atoms with E-state index in [1.54, 1.807) is 0 Å². The van der Waals surface area contributed by atoms with Crippen LogP contribution in [0.1, 0.15) is 18.2 Å². The highest BCUT2D eigenvalue weighted by Crippen LogP contribution is 2.22. The van der Waals surface area contributed by atoms with Gasteiger partial charge in [-0.05, 0) is 37.6 Å². The molecule has 2 aromatic rings. The molecule has 3 heteroatoms. The lowest BCUT2D eigenvalue weighted by molar-refractivity contribution is -0.142. The molecule has 16 heavy (non-hydrogen) atoms. The summed E-state index contributed by atoms with van der Waals surface area (Å²) in [5.41, 5.74) is 3.06. The van der Waals surface area contributed by atoms with Gasteiger partial charge in [0.05, 0.1) is 13.0 Å². The highest BCUT2D eigenvalue weighted by atomic mass is 16.5. The predicted octanol–water partition coefficient (Wildman–Crippen LogP) is 2.38. The van der Waals surface area contributed by atoms with Crippen LogP contribution < -0.4 is 0 Å². The molecule has 1 aromatic heterocycles. The van der Waals surface area contributed by atoms with Crippen molar-refractivity contribution in [1.82, 2.24) is 4.98 Å². The number of esters is 1. The maximum absolute atomic E-state index is 11.5. The van der Waals surface area contributed by atoms with Crippen molar-refractivity contribution in [3.63, 3.8) is 0 Å². The lowest BCUT2D eigenvalue weighted by atomic mass is 10.1. The van der Waals surface area contributed by atoms with Gasteiger partial charge >= 0.3 is 5.97 Å². The van der Waals surface area contributed by atoms with Crippen molar-refractivity contribution in [2.75, 3.05) is 6.61 Å². The third kappa shape index (κ3) is 1.94. The molecule has 83 valence electrons. The Morgan fingerprint density at radius 1 is 1.56 bits per heavy atom. The minimum atomic E-state index is -0.185. The second kappa shape index (κ2) is 4.39. The molecule has 1 radical (unpaired) electrons. The monoisotopic (exact) mass is 216 g/mol. The topological polar surface area (TPSA) is 42.1 Å². The standard InChI is InChI=1S/C13H14NO2/c1-3-16-13(15)8-11-9(2)14-12-7-5-4-6-10(11)12/h5-7,14H,3,8H2,1-2H3. The Morgan fingerprint density at radius 3 is 3.12 bits per heavy atom. The van der Waals surface area contributed by atoms with E-state index in [9.17, 15) is 4.79 Å². The van der Waals surface area contributed by atoms with Gasteiger partial charge in [-0.15, -0.1) is 0 Å². The number of H-pyrrole nitrogens is 1. The second-order valence-corrected chi connectivity index (χ2v) is 3.68. The van der Waals surface area contributed by atoms with Crippen LogP contribution in [0, 0.1) is 13.0 Å². The number of hydrogen-bond donors (Lipinski definition) is 1. The molecule has 0 aliphatic rings. The normalized spacial score (nSPS) is 10.6. The molecule has 0 unspecified atom stereocenters. The minimum absolute atomic E-state index is 0.185. The van der Waals surface area contributed by atoms with Crippen LogP contribution in [-0.2, 0) is 16.0 Å². The van der Waals surface area contributed by atoms with Crippen molar-refractivity contribution in [3.05, 3.63) is 35.5 Å². The Balaban J connectivity index is 2.36. The van der Waals surface area contributed by atoms with Gasteiger partial charge in [0.15, 0.2) is 0 Å². The maximum atomic E-state index is 11.5. The summed E-state index contributed by atoms with van der Waals surface area (Å²) in [4.78, 5) is 14.7. The number of fused-ring (bicyclic) bond motifs is 1. The van der Waals surface area contributed by atoms with E-state index in [-0.39, 0.29) is 5.97 Å². The van der Waals surface area contributed by atoms with E-state index < -0.39 is 0 Å². The van der Waals surface area contributed by atoms with Gasteiger partial charge in [0.1, 0.15) is 0 Å². The van der Waals surface area contributed by atoms with Crippen LogP contribution in [-0.4, -0.2) is 17.6 Å². The number of rotatable bonds is 3. The molecule has 2 rings (SSSR count). The first-order chi connectivity index (χ1) is 7.72. The van der Waals surface area contributed by atoms with Crippen molar-refractivity contribution < 1.29 is 9.53 Å². The Kier molecular flexibility index (Phi) is 2.95. The molecule has 0 spiro atoms. The Morgan fingerprint density at radius 2 is 2.38 bits per heavy atom. The smallest absolute Gasteiger partial charge is 0.310 e. The Labute approximate surface area is 94.4 Å². The van der Waals surface area contributed by atoms with Crippen molar-refractivity contribution in [3.8, 4) is 0 Å². The minimum Gasteiger partial charge on any atom is -0.466 e. The van der Waals surface area contributed by atoms with E-state index in [0.29, 0.717) is 13.0 Å². The fourth-order valence-electron chi connectivity index (χ4n) is 1.85. The maximum Gasteiger partial charge on any atom is 0.310 e. The molecule has 0 fully saturated rings. The highest BCUT2D eigenvalue weighted by Gasteiger charge is 2.12. The van der Waals surface area contributed by atoms with Crippen molar-refractivity contribution in [2.24, 2.45) is 0 Å². The van der Waals surface area contributed by atoms with E-state index in [2.05, 4.69) is 11.1 Å².